The van der Waals surface area contributed by atoms with E-state index >= 15 is 0 Å². The summed E-state index contributed by atoms with van der Waals surface area (Å²) in [7, 11) is 1.55. The van der Waals surface area contributed by atoms with E-state index in [1.807, 2.05) is 6.92 Å². The molecule has 0 spiro atoms. The molecule has 0 radical (unpaired) electrons. The van der Waals surface area contributed by atoms with Crippen LogP contribution in [-0.2, 0) is 11.3 Å². The molecule has 0 fully saturated rings. The number of hydrogen-bond donors (Lipinski definition) is 3. The number of ether oxygens (including phenoxy) is 1. The predicted molar refractivity (Wildman–Crippen MR) is 74.3 cm³/mol. The monoisotopic (exact) mass is 266 g/mol. The van der Waals surface area contributed by atoms with Crippen molar-refractivity contribution in [2.75, 3.05) is 13.7 Å². The van der Waals surface area contributed by atoms with Gasteiger partial charge in [0.05, 0.1) is 13.2 Å². The minimum Gasteiger partial charge on any atom is -0.507 e. The minimum atomic E-state index is -0.298. The van der Waals surface area contributed by atoms with E-state index in [0.717, 1.165) is 12.0 Å². The second-order valence-corrected chi connectivity index (χ2v) is 4.39. The number of nitrogens with one attached hydrogen (secondary N) is 2. The predicted octanol–water partition coefficient (Wildman–Crippen LogP) is 1.41. The van der Waals surface area contributed by atoms with Crippen LogP contribution in [0.4, 0.5) is 0 Å². The van der Waals surface area contributed by atoms with Crippen LogP contribution in [0.15, 0.2) is 18.2 Å². The van der Waals surface area contributed by atoms with Crippen LogP contribution in [0.1, 0.15) is 25.8 Å². The van der Waals surface area contributed by atoms with Crippen molar-refractivity contribution >= 4 is 5.91 Å². The van der Waals surface area contributed by atoms with Gasteiger partial charge >= 0.3 is 0 Å². The average Bonchev–Trinajstić information content (AvgIpc) is 2.42. The molecule has 5 heteroatoms. The first-order valence-corrected chi connectivity index (χ1v) is 6.45. The van der Waals surface area contributed by atoms with Gasteiger partial charge in [0.1, 0.15) is 11.5 Å². The molecular formula is C14H22N2O3. The van der Waals surface area contributed by atoms with Crippen molar-refractivity contribution in [3.63, 3.8) is 0 Å². The van der Waals surface area contributed by atoms with Crippen molar-refractivity contribution in [3.8, 4) is 11.5 Å². The number of amides is 1. The first kappa shape index (κ1) is 15.3. The molecule has 1 aromatic rings. The Kier molecular flexibility index (Phi) is 6.15. The molecule has 0 aliphatic rings. The van der Waals surface area contributed by atoms with Gasteiger partial charge in [0, 0.05) is 24.7 Å². The number of benzene rings is 1. The second-order valence-electron chi connectivity index (χ2n) is 4.39. The van der Waals surface area contributed by atoms with E-state index in [2.05, 4.69) is 10.6 Å². The SMILES string of the molecule is CCCNC(=O)C(C)NCc1ccc(OC)cc1O. The highest BCUT2D eigenvalue weighted by atomic mass is 16.5. The Labute approximate surface area is 114 Å². The third-order valence-electron chi connectivity index (χ3n) is 2.83. The zero-order chi connectivity index (χ0) is 14.3. The normalized spacial score (nSPS) is 11.9. The Morgan fingerprint density at radius 1 is 1.47 bits per heavy atom. The van der Waals surface area contributed by atoms with Gasteiger partial charge in [-0.25, -0.2) is 0 Å². The third-order valence-corrected chi connectivity index (χ3v) is 2.83. The van der Waals surface area contributed by atoms with Gasteiger partial charge in [-0.2, -0.15) is 0 Å². The molecule has 0 saturated heterocycles. The Hall–Kier alpha value is -1.75. The van der Waals surface area contributed by atoms with E-state index in [4.69, 9.17) is 4.74 Å². The fourth-order valence-corrected chi connectivity index (χ4v) is 1.58. The lowest BCUT2D eigenvalue weighted by atomic mass is 10.1. The quantitative estimate of drug-likeness (QED) is 0.698. The van der Waals surface area contributed by atoms with Crippen LogP contribution in [0.5, 0.6) is 11.5 Å². The van der Waals surface area contributed by atoms with Crippen molar-refractivity contribution in [2.45, 2.75) is 32.9 Å². The Morgan fingerprint density at radius 3 is 2.79 bits per heavy atom. The van der Waals surface area contributed by atoms with Gasteiger partial charge in [-0.3, -0.25) is 4.79 Å². The largest absolute Gasteiger partial charge is 0.507 e. The van der Waals surface area contributed by atoms with Crippen LogP contribution in [-0.4, -0.2) is 30.7 Å². The summed E-state index contributed by atoms with van der Waals surface area (Å²) in [6.45, 7) is 4.91. The molecule has 106 valence electrons. The van der Waals surface area contributed by atoms with Crippen LogP contribution in [0.3, 0.4) is 0 Å². The molecule has 1 amide bonds. The fraction of sp³-hybridized carbons (Fsp3) is 0.500. The summed E-state index contributed by atoms with van der Waals surface area (Å²) in [6.07, 6.45) is 0.914. The summed E-state index contributed by atoms with van der Waals surface area (Å²) in [5.74, 6) is 0.734. The number of phenolic OH excluding ortho intramolecular Hbond substituents is 1. The number of phenols is 1. The average molecular weight is 266 g/mol. The smallest absolute Gasteiger partial charge is 0.236 e. The molecule has 0 aliphatic carbocycles. The topological polar surface area (TPSA) is 70.6 Å². The van der Waals surface area contributed by atoms with E-state index in [-0.39, 0.29) is 17.7 Å². The summed E-state index contributed by atoms with van der Waals surface area (Å²) in [4.78, 5) is 11.7. The Morgan fingerprint density at radius 2 is 2.21 bits per heavy atom. The van der Waals surface area contributed by atoms with Crippen LogP contribution in [0, 0.1) is 0 Å². The molecule has 3 N–H and O–H groups in total. The van der Waals surface area contributed by atoms with E-state index < -0.39 is 0 Å². The van der Waals surface area contributed by atoms with Gasteiger partial charge in [-0.15, -0.1) is 0 Å². The zero-order valence-corrected chi connectivity index (χ0v) is 11.7. The summed E-state index contributed by atoms with van der Waals surface area (Å²) in [6, 6.07) is 4.81. The number of rotatable bonds is 7. The van der Waals surface area contributed by atoms with Gasteiger partial charge in [-0.1, -0.05) is 13.0 Å². The van der Waals surface area contributed by atoms with Gasteiger partial charge < -0.3 is 20.5 Å². The lowest BCUT2D eigenvalue weighted by Gasteiger charge is -2.14. The molecule has 0 heterocycles. The maximum atomic E-state index is 11.7. The van der Waals surface area contributed by atoms with Gasteiger partial charge in [-0.05, 0) is 19.4 Å². The molecule has 0 aromatic heterocycles. The molecule has 5 nitrogen and oxygen atoms in total. The molecule has 0 bridgehead atoms. The summed E-state index contributed by atoms with van der Waals surface area (Å²) < 4.78 is 5.01. The van der Waals surface area contributed by atoms with E-state index in [1.54, 1.807) is 32.2 Å². The molecule has 19 heavy (non-hydrogen) atoms. The number of carbonyl (C=O) groups excluding carboxylic acids is 1. The summed E-state index contributed by atoms with van der Waals surface area (Å²) in [5, 5.41) is 15.7. The first-order valence-electron chi connectivity index (χ1n) is 6.45. The van der Waals surface area contributed by atoms with Crippen molar-refractivity contribution in [3.05, 3.63) is 23.8 Å². The highest BCUT2D eigenvalue weighted by Gasteiger charge is 2.12. The molecule has 1 atom stereocenters. The fourth-order valence-electron chi connectivity index (χ4n) is 1.58. The van der Waals surface area contributed by atoms with Gasteiger partial charge in [0.15, 0.2) is 0 Å². The Bertz CT molecular complexity index is 421. The van der Waals surface area contributed by atoms with E-state index in [9.17, 15) is 9.90 Å². The van der Waals surface area contributed by atoms with Crippen molar-refractivity contribution < 1.29 is 14.6 Å². The highest BCUT2D eigenvalue weighted by molar-refractivity contribution is 5.81. The maximum Gasteiger partial charge on any atom is 0.236 e. The maximum absolute atomic E-state index is 11.7. The molecule has 1 unspecified atom stereocenters. The molecule has 0 saturated carbocycles. The first-order chi connectivity index (χ1) is 9.08. The molecular weight excluding hydrogens is 244 g/mol. The van der Waals surface area contributed by atoms with Gasteiger partial charge in [0.25, 0.3) is 0 Å². The summed E-state index contributed by atoms with van der Waals surface area (Å²) >= 11 is 0. The van der Waals surface area contributed by atoms with Gasteiger partial charge in [0.2, 0.25) is 5.91 Å². The third kappa shape index (κ3) is 4.79. The number of methoxy groups -OCH3 is 1. The molecule has 1 rings (SSSR count). The van der Waals surface area contributed by atoms with E-state index in [0.29, 0.717) is 18.8 Å². The molecule has 0 aliphatic heterocycles. The lowest BCUT2D eigenvalue weighted by Crippen LogP contribution is -2.42. The number of hydrogen-bond acceptors (Lipinski definition) is 4. The van der Waals surface area contributed by atoms with E-state index in [1.165, 1.54) is 0 Å². The number of aromatic hydroxyl groups is 1. The summed E-state index contributed by atoms with van der Waals surface area (Å²) in [5.41, 5.74) is 0.732. The van der Waals surface area contributed by atoms with Crippen LogP contribution >= 0.6 is 0 Å². The Balaban J connectivity index is 2.50. The lowest BCUT2D eigenvalue weighted by molar-refractivity contribution is -0.122. The second kappa shape index (κ2) is 7.63. The zero-order valence-electron chi connectivity index (χ0n) is 11.7. The van der Waals surface area contributed by atoms with Crippen molar-refractivity contribution in [1.29, 1.82) is 0 Å². The minimum absolute atomic E-state index is 0.0325. The van der Waals surface area contributed by atoms with Crippen molar-refractivity contribution in [1.82, 2.24) is 10.6 Å². The number of carbonyl (C=O) groups is 1. The van der Waals surface area contributed by atoms with Crippen molar-refractivity contribution in [2.24, 2.45) is 0 Å². The highest BCUT2D eigenvalue weighted by Crippen LogP contribution is 2.23. The molecule has 1 aromatic carbocycles. The van der Waals surface area contributed by atoms with Crippen LogP contribution < -0.4 is 15.4 Å². The van der Waals surface area contributed by atoms with Crippen LogP contribution in [0.2, 0.25) is 0 Å². The van der Waals surface area contributed by atoms with Crippen LogP contribution in [0.25, 0.3) is 0 Å². The standard InChI is InChI=1S/C14H22N2O3/c1-4-7-15-14(18)10(2)16-9-11-5-6-12(19-3)8-13(11)17/h5-6,8,10,16-17H,4,7,9H2,1-3H3,(H,15,18).